The van der Waals surface area contributed by atoms with E-state index in [4.69, 9.17) is 0 Å². The Morgan fingerprint density at radius 1 is 1.20 bits per heavy atom. The number of aliphatic hydroxyl groups excluding tert-OH is 1. The molecule has 1 aromatic rings. The summed E-state index contributed by atoms with van der Waals surface area (Å²) in [7, 11) is 2.04. The molecule has 1 fully saturated rings. The van der Waals surface area contributed by atoms with Crippen molar-refractivity contribution in [2.75, 3.05) is 7.05 Å². The molecule has 0 spiro atoms. The van der Waals surface area contributed by atoms with Gasteiger partial charge in [-0.3, -0.25) is 9.69 Å². The van der Waals surface area contributed by atoms with E-state index in [1.807, 2.05) is 51.2 Å². The Morgan fingerprint density at radius 3 is 2.30 bits per heavy atom. The van der Waals surface area contributed by atoms with Gasteiger partial charge in [0.1, 0.15) is 5.78 Å². The highest BCUT2D eigenvalue weighted by Gasteiger charge is 2.52. The predicted molar refractivity (Wildman–Crippen MR) is 80.4 cm³/mol. The van der Waals surface area contributed by atoms with Crippen molar-refractivity contribution in [2.24, 2.45) is 5.92 Å². The lowest BCUT2D eigenvalue weighted by Crippen LogP contribution is -2.64. The standard InChI is InChI=1S/C17H25NO2/c1-16(2)11-13(19)14(17(3,4)18(16)5)15(20)12-9-7-6-8-10-12/h6-10,14-15,20H,11H2,1-5H3. The second-order valence-corrected chi connectivity index (χ2v) is 7.00. The van der Waals surface area contributed by atoms with Gasteiger partial charge in [-0.15, -0.1) is 0 Å². The lowest BCUT2D eigenvalue weighted by atomic mass is 9.68. The molecule has 1 aliphatic rings. The monoisotopic (exact) mass is 275 g/mol. The highest BCUT2D eigenvalue weighted by Crippen LogP contribution is 2.44. The smallest absolute Gasteiger partial charge is 0.142 e. The van der Waals surface area contributed by atoms with E-state index in [1.54, 1.807) is 0 Å². The van der Waals surface area contributed by atoms with Crippen LogP contribution >= 0.6 is 0 Å². The molecule has 0 aromatic heterocycles. The zero-order chi connectivity index (χ0) is 15.1. The van der Waals surface area contributed by atoms with Crippen LogP contribution in [-0.2, 0) is 4.79 Å². The summed E-state index contributed by atoms with van der Waals surface area (Å²) in [5, 5.41) is 10.7. The quantitative estimate of drug-likeness (QED) is 0.902. The summed E-state index contributed by atoms with van der Waals surface area (Å²) < 4.78 is 0. The molecule has 2 unspecified atom stereocenters. The van der Waals surface area contributed by atoms with E-state index in [2.05, 4.69) is 18.7 Å². The normalized spacial score (nSPS) is 27.3. The highest BCUT2D eigenvalue weighted by molar-refractivity contribution is 5.85. The molecule has 3 nitrogen and oxygen atoms in total. The zero-order valence-electron chi connectivity index (χ0n) is 13.1. The number of carbonyl (C=O) groups is 1. The molecule has 110 valence electrons. The fourth-order valence-electron chi connectivity index (χ4n) is 3.44. The predicted octanol–water partition coefficient (Wildman–Crippen LogP) is 2.80. The zero-order valence-corrected chi connectivity index (χ0v) is 13.1. The molecule has 1 aliphatic heterocycles. The van der Waals surface area contributed by atoms with Crippen LogP contribution in [0, 0.1) is 5.92 Å². The van der Waals surface area contributed by atoms with Gasteiger partial charge in [0.2, 0.25) is 0 Å². The van der Waals surface area contributed by atoms with Crippen molar-refractivity contribution in [3.63, 3.8) is 0 Å². The molecule has 2 atom stereocenters. The van der Waals surface area contributed by atoms with E-state index in [0.29, 0.717) is 6.42 Å². The summed E-state index contributed by atoms with van der Waals surface area (Å²) in [4.78, 5) is 14.8. The van der Waals surface area contributed by atoms with Crippen molar-refractivity contribution in [3.05, 3.63) is 35.9 Å². The number of rotatable bonds is 2. The molecule has 0 bridgehead atoms. The first kappa shape index (κ1) is 15.2. The van der Waals surface area contributed by atoms with E-state index in [-0.39, 0.29) is 16.9 Å². The second-order valence-electron chi connectivity index (χ2n) is 7.00. The third-order valence-electron chi connectivity index (χ3n) is 4.94. The Morgan fingerprint density at radius 2 is 1.75 bits per heavy atom. The van der Waals surface area contributed by atoms with Gasteiger partial charge in [-0.1, -0.05) is 30.3 Å². The third-order valence-corrected chi connectivity index (χ3v) is 4.94. The SMILES string of the molecule is CN1C(C)(C)CC(=O)C(C(O)c2ccccc2)C1(C)C. The van der Waals surface area contributed by atoms with Gasteiger partial charge < -0.3 is 5.11 Å². The Kier molecular flexibility index (Phi) is 3.78. The number of aliphatic hydroxyl groups is 1. The summed E-state index contributed by atoms with van der Waals surface area (Å²) >= 11 is 0. The summed E-state index contributed by atoms with van der Waals surface area (Å²) in [6, 6.07) is 9.47. The first-order valence-corrected chi connectivity index (χ1v) is 7.17. The molecule has 1 N–H and O–H groups in total. The number of nitrogens with zero attached hydrogens (tertiary/aromatic N) is 1. The maximum absolute atomic E-state index is 12.6. The minimum absolute atomic E-state index is 0.148. The molecular formula is C17H25NO2. The molecule has 1 aromatic carbocycles. The lowest BCUT2D eigenvalue weighted by molar-refractivity contribution is -0.150. The second kappa shape index (κ2) is 4.97. The Bertz CT molecular complexity index is 493. The minimum Gasteiger partial charge on any atom is -0.388 e. The van der Waals surface area contributed by atoms with Crippen LogP contribution in [0.3, 0.4) is 0 Å². The Balaban J connectivity index is 2.38. The van der Waals surface area contributed by atoms with Crippen LogP contribution < -0.4 is 0 Å². The van der Waals surface area contributed by atoms with Crippen LogP contribution in [0.5, 0.6) is 0 Å². The fraction of sp³-hybridized carbons (Fsp3) is 0.588. The van der Waals surface area contributed by atoms with E-state index in [1.165, 1.54) is 0 Å². The number of benzene rings is 1. The molecule has 20 heavy (non-hydrogen) atoms. The van der Waals surface area contributed by atoms with E-state index < -0.39 is 12.0 Å². The van der Waals surface area contributed by atoms with Crippen molar-refractivity contribution >= 4 is 5.78 Å². The number of hydrogen-bond donors (Lipinski definition) is 1. The van der Waals surface area contributed by atoms with Crippen molar-refractivity contribution in [1.29, 1.82) is 0 Å². The van der Waals surface area contributed by atoms with Crippen molar-refractivity contribution in [3.8, 4) is 0 Å². The summed E-state index contributed by atoms with van der Waals surface area (Å²) in [5.74, 6) is -0.252. The van der Waals surface area contributed by atoms with Gasteiger partial charge in [-0.05, 0) is 40.3 Å². The van der Waals surface area contributed by atoms with Crippen LogP contribution in [-0.4, -0.2) is 33.9 Å². The first-order chi connectivity index (χ1) is 9.18. The van der Waals surface area contributed by atoms with Crippen LogP contribution in [0.15, 0.2) is 30.3 Å². The molecule has 0 saturated carbocycles. The lowest BCUT2D eigenvalue weighted by Gasteiger charge is -2.55. The topological polar surface area (TPSA) is 40.5 Å². The number of Topliss-reactive ketones (excluding diaryl/α,β-unsaturated/α-hetero) is 1. The highest BCUT2D eigenvalue weighted by atomic mass is 16.3. The summed E-state index contributed by atoms with van der Waals surface area (Å²) in [6.07, 6.45) is -0.279. The number of ketones is 1. The number of piperidine rings is 1. The van der Waals surface area contributed by atoms with E-state index in [0.717, 1.165) is 5.56 Å². The molecule has 1 heterocycles. The fourth-order valence-corrected chi connectivity index (χ4v) is 3.44. The van der Waals surface area contributed by atoms with Crippen LogP contribution in [0.1, 0.15) is 45.8 Å². The van der Waals surface area contributed by atoms with Gasteiger partial charge in [0.25, 0.3) is 0 Å². The third kappa shape index (κ3) is 2.40. The Hall–Kier alpha value is -1.19. The average Bonchev–Trinajstić information content (AvgIpc) is 2.36. The van der Waals surface area contributed by atoms with Crippen molar-refractivity contribution < 1.29 is 9.90 Å². The van der Waals surface area contributed by atoms with Gasteiger partial charge >= 0.3 is 0 Å². The summed E-state index contributed by atoms with van der Waals surface area (Å²) in [5.41, 5.74) is 0.258. The molecule has 3 heteroatoms. The molecule has 2 rings (SSSR count). The largest absolute Gasteiger partial charge is 0.388 e. The maximum atomic E-state index is 12.6. The maximum Gasteiger partial charge on any atom is 0.142 e. The van der Waals surface area contributed by atoms with Gasteiger partial charge in [-0.2, -0.15) is 0 Å². The number of carbonyl (C=O) groups excluding carboxylic acids is 1. The van der Waals surface area contributed by atoms with Crippen LogP contribution in [0.2, 0.25) is 0 Å². The van der Waals surface area contributed by atoms with Gasteiger partial charge in [0.15, 0.2) is 0 Å². The van der Waals surface area contributed by atoms with Gasteiger partial charge in [-0.25, -0.2) is 0 Å². The van der Waals surface area contributed by atoms with Crippen LogP contribution in [0.25, 0.3) is 0 Å². The number of likely N-dealkylation sites (tertiary alicyclic amines) is 1. The Labute approximate surface area is 121 Å². The van der Waals surface area contributed by atoms with Gasteiger partial charge in [0, 0.05) is 17.5 Å². The average molecular weight is 275 g/mol. The number of hydrogen-bond acceptors (Lipinski definition) is 3. The molecule has 0 amide bonds. The van der Waals surface area contributed by atoms with E-state index >= 15 is 0 Å². The first-order valence-electron chi connectivity index (χ1n) is 7.17. The molecule has 0 aliphatic carbocycles. The van der Waals surface area contributed by atoms with Crippen molar-refractivity contribution in [1.82, 2.24) is 4.90 Å². The minimum atomic E-state index is -0.753. The van der Waals surface area contributed by atoms with Gasteiger partial charge in [0.05, 0.1) is 12.0 Å². The van der Waals surface area contributed by atoms with Crippen LogP contribution in [0.4, 0.5) is 0 Å². The summed E-state index contributed by atoms with van der Waals surface area (Å²) in [6.45, 7) is 8.25. The van der Waals surface area contributed by atoms with E-state index in [9.17, 15) is 9.90 Å². The molecule has 0 radical (unpaired) electrons. The molecule has 1 saturated heterocycles. The van der Waals surface area contributed by atoms with Crippen molar-refractivity contribution in [2.45, 2.75) is 51.3 Å². The molecular weight excluding hydrogens is 250 g/mol.